The van der Waals surface area contributed by atoms with Crippen LogP contribution in [0.1, 0.15) is 18.1 Å². The van der Waals surface area contributed by atoms with E-state index in [1.54, 1.807) is 30.3 Å². The molecular formula is C19H16N2O4. The van der Waals surface area contributed by atoms with E-state index >= 15 is 0 Å². The molecule has 6 nitrogen and oxygen atoms in total. The highest BCUT2D eigenvalue weighted by Gasteiger charge is 2.37. The number of benzene rings is 2. The zero-order chi connectivity index (χ0) is 18.0. The van der Waals surface area contributed by atoms with Crippen molar-refractivity contribution in [2.24, 2.45) is 0 Å². The molecule has 1 aliphatic heterocycles. The van der Waals surface area contributed by atoms with Gasteiger partial charge >= 0.3 is 6.03 Å². The van der Waals surface area contributed by atoms with Crippen molar-refractivity contribution in [1.29, 1.82) is 0 Å². The highest BCUT2D eigenvalue weighted by Crippen LogP contribution is 2.27. The summed E-state index contributed by atoms with van der Waals surface area (Å²) in [6.45, 7) is 1.91. The zero-order valence-electron chi connectivity index (χ0n) is 13.5. The molecule has 126 valence electrons. The van der Waals surface area contributed by atoms with Gasteiger partial charge in [0.05, 0.1) is 5.69 Å². The fraction of sp³-hybridized carbons (Fsp3) is 0.105. The second-order valence-electron chi connectivity index (χ2n) is 5.50. The third kappa shape index (κ3) is 3.01. The minimum atomic E-state index is -0.788. The van der Waals surface area contributed by atoms with Crippen LogP contribution in [0.15, 0.2) is 54.1 Å². The monoisotopic (exact) mass is 336 g/mol. The molecule has 25 heavy (non-hydrogen) atoms. The van der Waals surface area contributed by atoms with Gasteiger partial charge in [-0.3, -0.25) is 14.9 Å². The van der Waals surface area contributed by atoms with Crippen LogP contribution in [-0.4, -0.2) is 23.0 Å². The van der Waals surface area contributed by atoms with Gasteiger partial charge in [0.1, 0.15) is 11.3 Å². The molecule has 2 aromatic carbocycles. The lowest BCUT2D eigenvalue weighted by molar-refractivity contribution is -0.122. The number of rotatable bonds is 3. The standard InChI is InChI=1S/C19H16N2O4/c1-2-12-7-3-5-9-15(12)21-18(24)14(17(23)20-19(21)25)11-13-8-4-6-10-16(13)22/h3-11,22H,2H2,1H3,(H,20,23,25)/b14-11-. The first-order chi connectivity index (χ1) is 12.0. The van der Waals surface area contributed by atoms with E-state index in [9.17, 15) is 19.5 Å². The number of aromatic hydroxyl groups is 1. The van der Waals surface area contributed by atoms with Crippen LogP contribution in [-0.2, 0) is 16.0 Å². The van der Waals surface area contributed by atoms with Crippen molar-refractivity contribution in [2.45, 2.75) is 13.3 Å². The van der Waals surface area contributed by atoms with Gasteiger partial charge in [0.2, 0.25) is 0 Å². The molecule has 0 unspecified atom stereocenters. The van der Waals surface area contributed by atoms with Crippen molar-refractivity contribution >= 4 is 29.6 Å². The fourth-order valence-corrected chi connectivity index (χ4v) is 2.67. The second kappa shape index (κ2) is 6.60. The van der Waals surface area contributed by atoms with Crippen molar-refractivity contribution < 1.29 is 19.5 Å². The summed E-state index contributed by atoms with van der Waals surface area (Å²) in [6.07, 6.45) is 1.90. The maximum atomic E-state index is 12.8. The lowest BCUT2D eigenvalue weighted by Crippen LogP contribution is -2.54. The summed E-state index contributed by atoms with van der Waals surface area (Å²) in [7, 11) is 0. The summed E-state index contributed by atoms with van der Waals surface area (Å²) >= 11 is 0. The van der Waals surface area contributed by atoms with Crippen molar-refractivity contribution in [1.82, 2.24) is 5.32 Å². The van der Waals surface area contributed by atoms with Crippen molar-refractivity contribution in [3.05, 3.63) is 65.2 Å². The lowest BCUT2D eigenvalue weighted by atomic mass is 10.0. The molecule has 0 aromatic heterocycles. The maximum Gasteiger partial charge on any atom is 0.335 e. The Morgan fingerprint density at radius 2 is 1.72 bits per heavy atom. The fourth-order valence-electron chi connectivity index (χ4n) is 2.67. The first-order valence-corrected chi connectivity index (χ1v) is 7.80. The molecule has 0 radical (unpaired) electrons. The van der Waals surface area contributed by atoms with E-state index in [-0.39, 0.29) is 11.3 Å². The van der Waals surface area contributed by atoms with Crippen molar-refractivity contribution in [3.63, 3.8) is 0 Å². The topological polar surface area (TPSA) is 86.7 Å². The van der Waals surface area contributed by atoms with Crippen LogP contribution in [0.5, 0.6) is 5.75 Å². The summed E-state index contributed by atoms with van der Waals surface area (Å²) in [4.78, 5) is 38.2. The Kier molecular flexibility index (Phi) is 4.35. The van der Waals surface area contributed by atoms with Gasteiger partial charge in [-0.25, -0.2) is 9.69 Å². The highest BCUT2D eigenvalue weighted by atomic mass is 16.3. The van der Waals surface area contributed by atoms with Crippen LogP contribution in [0.25, 0.3) is 6.08 Å². The number of barbiturate groups is 1. The van der Waals surface area contributed by atoms with Crippen LogP contribution < -0.4 is 10.2 Å². The van der Waals surface area contributed by atoms with Gasteiger partial charge in [0.15, 0.2) is 0 Å². The average Bonchev–Trinajstić information content (AvgIpc) is 2.60. The van der Waals surface area contributed by atoms with Crippen LogP contribution in [0.4, 0.5) is 10.5 Å². The minimum absolute atomic E-state index is 0.0620. The molecule has 2 aromatic rings. The zero-order valence-corrected chi connectivity index (χ0v) is 13.5. The Balaban J connectivity index is 2.08. The summed E-state index contributed by atoms with van der Waals surface area (Å²) in [6, 6.07) is 12.6. The molecule has 0 aliphatic carbocycles. The Morgan fingerprint density at radius 1 is 1.04 bits per heavy atom. The normalized spacial score (nSPS) is 16.3. The summed E-state index contributed by atoms with van der Waals surface area (Å²) in [5.74, 6) is -1.57. The Hall–Kier alpha value is -3.41. The number of hydrogen-bond acceptors (Lipinski definition) is 4. The van der Waals surface area contributed by atoms with Gasteiger partial charge in [-0.15, -0.1) is 0 Å². The molecule has 1 fully saturated rings. The van der Waals surface area contributed by atoms with Gasteiger partial charge in [-0.1, -0.05) is 43.3 Å². The number of nitrogens with zero attached hydrogens (tertiary/aromatic N) is 1. The molecule has 6 heteroatoms. The number of imide groups is 2. The van der Waals surface area contributed by atoms with Gasteiger partial charge in [0.25, 0.3) is 11.8 Å². The SMILES string of the molecule is CCc1ccccc1N1C(=O)NC(=O)/C(=C/c2ccccc2O)C1=O. The number of phenolic OH excluding ortho intramolecular Hbond substituents is 1. The van der Waals surface area contributed by atoms with Crippen LogP contribution in [0.2, 0.25) is 0 Å². The number of carbonyl (C=O) groups is 3. The molecule has 1 heterocycles. The predicted molar refractivity (Wildman–Crippen MR) is 92.9 cm³/mol. The molecule has 0 spiro atoms. The molecule has 0 atom stereocenters. The Bertz CT molecular complexity index is 902. The highest BCUT2D eigenvalue weighted by molar-refractivity contribution is 6.39. The van der Waals surface area contributed by atoms with Crippen molar-refractivity contribution in [2.75, 3.05) is 4.90 Å². The van der Waals surface area contributed by atoms with E-state index in [0.29, 0.717) is 17.7 Å². The number of phenols is 1. The third-order valence-corrected chi connectivity index (χ3v) is 3.95. The molecule has 3 rings (SSSR count). The van der Waals surface area contributed by atoms with Gasteiger partial charge in [0, 0.05) is 5.56 Å². The van der Waals surface area contributed by atoms with Gasteiger partial charge in [-0.2, -0.15) is 0 Å². The lowest BCUT2D eigenvalue weighted by Gasteiger charge is -2.28. The summed E-state index contributed by atoms with van der Waals surface area (Å²) in [5.41, 5.74) is 1.34. The number of hydrogen-bond donors (Lipinski definition) is 2. The maximum absolute atomic E-state index is 12.8. The largest absolute Gasteiger partial charge is 0.507 e. The van der Waals surface area contributed by atoms with Crippen molar-refractivity contribution in [3.8, 4) is 5.75 Å². The van der Waals surface area contributed by atoms with Crippen LogP contribution >= 0.6 is 0 Å². The average molecular weight is 336 g/mol. The number of urea groups is 1. The van der Waals surface area contributed by atoms with E-state index in [1.165, 1.54) is 12.1 Å². The minimum Gasteiger partial charge on any atom is -0.507 e. The number of anilines is 1. The van der Waals surface area contributed by atoms with Crippen LogP contribution in [0.3, 0.4) is 0 Å². The first kappa shape index (κ1) is 16.4. The molecule has 1 saturated heterocycles. The number of amides is 4. The quantitative estimate of drug-likeness (QED) is 0.666. The Morgan fingerprint density at radius 3 is 2.44 bits per heavy atom. The summed E-state index contributed by atoms with van der Waals surface area (Å²) < 4.78 is 0. The number of aryl methyl sites for hydroxylation is 1. The number of carbonyl (C=O) groups excluding carboxylic acids is 3. The van der Waals surface area contributed by atoms with E-state index in [2.05, 4.69) is 5.32 Å². The number of nitrogens with one attached hydrogen (secondary N) is 1. The molecule has 0 bridgehead atoms. The molecule has 2 N–H and O–H groups in total. The molecule has 1 aliphatic rings. The second-order valence-corrected chi connectivity index (χ2v) is 5.50. The predicted octanol–water partition coefficient (Wildman–Crippen LogP) is 2.62. The van der Waals surface area contributed by atoms with Gasteiger partial charge in [-0.05, 0) is 30.2 Å². The third-order valence-electron chi connectivity index (χ3n) is 3.95. The Labute approximate surface area is 144 Å². The van der Waals surface area contributed by atoms with E-state index in [1.807, 2.05) is 19.1 Å². The summed E-state index contributed by atoms with van der Waals surface area (Å²) in [5, 5.41) is 12.0. The smallest absolute Gasteiger partial charge is 0.335 e. The molecule has 4 amide bonds. The van der Waals surface area contributed by atoms with Gasteiger partial charge < -0.3 is 5.11 Å². The number of para-hydroxylation sites is 2. The van der Waals surface area contributed by atoms with E-state index in [0.717, 1.165) is 10.5 Å². The first-order valence-electron chi connectivity index (χ1n) is 7.80. The van der Waals surface area contributed by atoms with E-state index < -0.39 is 17.8 Å². The van der Waals surface area contributed by atoms with E-state index in [4.69, 9.17) is 0 Å². The van der Waals surface area contributed by atoms with Crippen LogP contribution in [0, 0.1) is 0 Å². The molecular weight excluding hydrogens is 320 g/mol. The molecule has 0 saturated carbocycles.